The quantitative estimate of drug-likeness (QED) is 0.581. The fraction of sp³-hybridized carbons (Fsp3) is 0.200. The van der Waals surface area contributed by atoms with Crippen LogP contribution in [0.25, 0.3) is 10.8 Å². The molecule has 3 rings (SSSR count). The first-order valence-electron chi connectivity index (χ1n) is 8.70. The SMILES string of the molecule is O=C(O)CCCC(=O)Nc1cc(Cc2n[nH]c(=O)c3ccccc23)ccc1F. The number of hydrogen-bond acceptors (Lipinski definition) is 4. The summed E-state index contributed by atoms with van der Waals surface area (Å²) in [5.74, 6) is -2.03. The van der Waals surface area contributed by atoms with Crippen molar-refractivity contribution in [1.29, 1.82) is 0 Å². The highest BCUT2D eigenvalue weighted by Crippen LogP contribution is 2.21. The number of fused-ring (bicyclic) bond motifs is 1. The van der Waals surface area contributed by atoms with Crippen molar-refractivity contribution in [3.05, 3.63) is 69.9 Å². The zero-order chi connectivity index (χ0) is 20.1. The molecule has 1 amide bonds. The highest BCUT2D eigenvalue weighted by molar-refractivity contribution is 5.91. The maximum atomic E-state index is 14.1. The van der Waals surface area contributed by atoms with Gasteiger partial charge < -0.3 is 10.4 Å². The number of aromatic nitrogens is 2. The number of carboxylic acid groups (broad SMARTS) is 1. The molecule has 1 aromatic heterocycles. The van der Waals surface area contributed by atoms with Crippen molar-refractivity contribution in [2.45, 2.75) is 25.7 Å². The minimum atomic E-state index is -0.985. The van der Waals surface area contributed by atoms with Gasteiger partial charge in [-0.2, -0.15) is 5.10 Å². The van der Waals surface area contributed by atoms with E-state index in [9.17, 15) is 18.8 Å². The average molecular weight is 383 g/mol. The van der Waals surface area contributed by atoms with Crippen LogP contribution >= 0.6 is 0 Å². The van der Waals surface area contributed by atoms with Crippen LogP contribution in [-0.2, 0) is 16.0 Å². The molecule has 0 aliphatic rings. The summed E-state index contributed by atoms with van der Waals surface area (Å²) in [4.78, 5) is 34.3. The first-order chi connectivity index (χ1) is 13.4. The van der Waals surface area contributed by atoms with Crippen molar-refractivity contribution in [1.82, 2.24) is 10.2 Å². The Morgan fingerprint density at radius 2 is 1.86 bits per heavy atom. The number of rotatable bonds is 7. The van der Waals surface area contributed by atoms with Crippen LogP contribution in [0.5, 0.6) is 0 Å². The normalized spacial score (nSPS) is 10.8. The van der Waals surface area contributed by atoms with Gasteiger partial charge in [0.1, 0.15) is 5.82 Å². The monoisotopic (exact) mass is 383 g/mol. The molecule has 0 radical (unpaired) electrons. The molecule has 0 saturated carbocycles. The lowest BCUT2D eigenvalue weighted by Crippen LogP contribution is -2.14. The zero-order valence-corrected chi connectivity index (χ0v) is 14.9. The molecule has 3 aromatic rings. The maximum Gasteiger partial charge on any atom is 0.303 e. The first-order valence-corrected chi connectivity index (χ1v) is 8.70. The lowest BCUT2D eigenvalue weighted by Gasteiger charge is -2.09. The van der Waals surface area contributed by atoms with Gasteiger partial charge >= 0.3 is 5.97 Å². The number of benzene rings is 2. The van der Waals surface area contributed by atoms with E-state index in [1.807, 2.05) is 0 Å². The number of halogens is 1. The first kappa shape index (κ1) is 19.2. The van der Waals surface area contributed by atoms with E-state index in [0.717, 1.165) is 0 Å². The molecule has 0 fully saturated rings. The van der Waals surface area contributed by atoms with E-state index in [4.69, 9.17) is 5.11 Å². The number of carbonyl (C=O) groups is 2. The van der Waals surface area contributed by atoms with Gasteiger partial charge in [-0.3, -0.25) is 14.4 Å². The van der Waals surface area contributed by atoms with Gasteiger partial charge in [-0.05, 0) is 30.2 Å². The Labute approximate surface area is 159 Å². The summed E-state index contributed by atoms with van der Waals surface area (Å²) in [5, 5.41) is 18.9. The number of nitrogens with one attached hydrogen (secondary N) is 2. The van der Waals surface area contributed by atoms with E-state index >= 15 is 0 Å². The molecule has 1 heterocycles. The molecule has 0 unspecified atom stereocenters. The Morgan fingerprint density at radius 3 is 2.61 bits per heavy atom. The lowest BCUT2D eigenvalue weighted by atomic mass is 10.0. The molecule has 28 heavy (non-hydrogen) atoms. The van der Waals surface area contributed by atoms with Crippen LogP contribution in [0.3, 0.4) is 0 Å². The minimum Gasteiger partial charge on any atom is -0.481 e. The van der Waals surface area contributed by atoms with Crippen LogP contribution in [0.15, 0.2) is 47.3 Å². The highest BCUT2D eigenvalue weighted by Gasteiger charge is 2.11. The molecule has 0 saturated heterocycles. The number of anilines is 1. The van der Waals surface area contributed by atoms with Gasteiger partial charge in [-0.1, -0.05) is 24.3 Å². The van der Waals surface area contributed by atoms with Crippen molar-refractivity contribution >= 4 is 28.3 Å². The van der Waals surface area contributed by atoms with Crippen LogP contribution in [0, 0.1) is 5.82 Å². The Balaban J connectivity index is 1.79. The largest absolute Gasteiger partial charge is 0.481 e. The number of carbonyl (C=O) groups excluding carboxylic acids is 1. The molecule has 3 N–H and O–H groups in total. The van der Waals surface area contributed by atoms with Crippen molar-refractivity contribution in [3.8, 4) is 0 Å². The summed E-state index contributed by atoms with van der Waals surface area (Å²) in [6, 6.07) is 11.4. The summed E-state index contributed by atoms with van der Waals surface area (Å²) >= 11 is 0. The standard InChI is InChI=1S/C20H18FN3O4/c21-15-9-8-12(11-17(15)22-18(25)6-3-7-19(26)27)10-16-13-4-1-2-5-14(13)20(28)24-23-16/h1-2,4-5,8-9,11H,3,6-7,10H2,(H,22,25)(H,24,28)(H,26,27). The van der Waals surface area contributed by atoms with Crippen molar-refractivity contribution in [3.63, 3.8) is 0 Å². The number of H-pyrrole nitrogens is 1. The summed E-state index contributed by atoms with van der Waals surface area (Å²) < 4.78 is 14.1. The van der Waals surface area contributed by atoms with Gasteiger partial charge in [0.05, 0.1) is 16.8 Å². The maximum absolute atomic E-state index is 14.1. The van der Waals surface area contributed by atoms with Crippen LogP contribution < -0.4 is 10.9 Å². The third kappa shape index (κ3) is 4.59. The van der Waals surface area contributed by atoms with Crippen LogP contribution in [0.2, 0.25) is 0 Å². The second-order valence-electron chi connectivity index (χ2n) is 6.33. The molecule has 8 heteroatoms. The van der Waals surface area contributed by atoms with Crippen LogP contribution in [0.4, 0.5) is 10.1 Å². The molecule has 2 aromatic carbocycles. The number of carboxylic acids is 1. The minimum absolute atomic E-state index is 0.0118. The van der Waals surface area contributed by atoms with Gasteiger partial charge in [-0.15, -0.1) is 0 Å². The molecule has 0 aliphatic carbocycles. The third-order valence-electron chi connectivity index (χ3n) is 4.25. The smallest absolute Gasteiger partial charge is 0.303 e. The van der Waals surface area contributed by atoms with Crippen molar-refractivity contribution < 1.29 is 19.1 Å². The Hall–Kier alpha value is -3.55. The van der Waals surface area contributed by atoms with Crippen molar-refractivity contribution in [2.24, 2.45) is 0 Å². The second-order valence-corrected chi connectivity index (χ2v) is 6.33. The second kappa shape index (κ2) is 8.43. The third-order valence-corrected chi connectivity index (χ3v) is 4.25. The van der Waals surface area contributed by atoms with E-state index in [0.29, 0.717) is 28.5 Å². The highest BCUT2D eigenvalue weighted by atomic mass is 19.1. The number of amides is 1. The van der Waals surface area contributed by atoms with Gasteiger partial charge in [0.25, 0.3) is 5.56 Å². The predicted molar refractivity (Wildman–Crippen MR) is 102 cm³/mol. The molecule has 144 valence electrons. The van der Waals surface area contributed by atoms with Gasteiger partial charge in [-0.25, -0.2) is 9.49 Å². The molecule has 7 nitrogen and oxygen atoms in total. The molecule has 0 atom stereocenters. The predicted octanol–water partition coefficient (Wildman–Crippen LogP) is 2.85. The molecule has 0 spiro atoms. The Morgan fingerprint density at radius 1 is 1.11 bits per heavy atom. The van der Waals surface area contributed by atoms with E-state index in [1.54, 1.807) is 30.3 Å². The molecular weight excluding hydrogens is 365 g/mol. The molecular formula is C20H18FN3O4. The topological polar surface area (TPSA) is 112 Å². The molecule has 0 aliphatic heterocycles. The number of aliphatic carboxylic acids is 1. The van der Waals surface area contributed by atoms with Crippen LogP contribution in [0.1, 0.15) is 30.5 Å². The number of nitrogens with zero attached hydrogens (tertiary/aromatic N) is 1. The fourth-order valence-corrected chi connectivity index (χ4v) is 2.89. The van der Waals surface area contributed by atoms with Gasteiger partial charge in [0.2, 0.25) is 5.91 Å². The van der Waals surface area contributed by atoms with E-state index in [-0.39, 0.29) is 30.5 Å². The fourth-order valence-electron chi connectivity index (χ4n) is 2.89. The van der Waals surface area contributed by atoms with Crippen LogP contribution in [-0.4, -0.2) is 27.2 Å². The zero-order valence-electron chi connectivity index (χ0n) is 14.9. The Kier molecular flexibility index (Phi) is 5.78. The number of aromatic amines is 1. The van der Waals surface area contributed by atoms with Gasteiger partial charge in [0, 0.05) is 24.6 Å². The van der Waals surface area contributed by atoms with E-state index in [2.05, 4.69) is 15.5 Å². The number of hydrogen-bond donors (Lipinski definition) is 3. The van der Waals surface area contributed by atoms with Crippen molar-refractivity contribution in [2.75, 3.05) is 5.32 Å². The summed E-state index contributed by atoms with van der Waals surface area (Å²) in [5.41, 5.74) is 1.06. The van der Waals surface area contributed by atoms with Gasteiger partial charge in [0.15, 0.2) is 0 Å². The summed E-state index contributed by atoms with van der Waals surface area (Å²) in [6.07, 6.45) is 0.373. The lowest BCUT2D eigenvalue weighted by molar-refractivity contribution is -0.137. The molecule has 0 bridgehead atoms. The summed E-state index contributed by atoms with van der Waals surface area (Å²) in [7, 11) is 0. The Bertz CT molecular complexity index is 1090. The summed E-state index contributed by atoms with van der Waals surface area (Å²) in [6.45, 7) is 0. The average Bonchev–Trinajstić information content (AvgIpc) is 2.66. The van der Waals surface area contributed by atoms with E-state index in [1.165, 1.54) is 12.1 Å². The van der Waals surface area contributed by atoms with E-state index < -0.39 is 17.7 Å².